The van der Waals surface area contributed by atoms with Crippen LogP contribution in [0, 0.1) is 92.7 Å². The smallest absolute Gasteiger partial charge is 0.266 e. The Morgan fingerprint density at radius 3 is 1.25 bits per heavy atom. The zero-order chi connectivity index (χ0) is 49.6. The van der Waals surface area contributed by atoms with E-state index in [4.69, 9.17) is 9.11 Å². The first kappa shape index (κ1) is 52.9. The van der Waals surface area contributed by atoms with Crippen molar-refractivity contribution in [2.45, 2.75) is 193 Å². The molecular formula is C52H88N2O12S2. The number of amides is 2. The lowest BCUT2D eigenvalue weighted by molar-refractivity contribution is -0.260. The molecule has 390 valence electrons. The third-order valence-electron chi connectivity index (χ3n) is 22.9. The van der Waals surface area contributed by atoms with Crippen LogP contribution in [0.3, 0.4) is 0 Å². The van der Waals surface area contributed by atoms with Crippen LogP contribution in [0.25, 0.3) is 0 Å². The minimum atomic E-state index is -4.13. The Morgan fingerprint density at radius 1 is 0.544 bits per heavy atom. The number of rotatable bonds is 15. The average molecular weight is 997 g/mol. The molecule has 6 unspecified atom stereocenters. The van der Waals surface area contributed by atoms with Gasteiger partial charge >= 0.3 is 0 Å². The largest absolute Gasteiger partial charge is 0.393 e. The zero-order valence-electron chi connectivity index (χ0n) is 42.0. The highest BCUT2D eigenvalue weighted by molar-refractivity contribution is 7.86. The van der Waals surface area contributed by atoms with Gasteiger partial charge in [-0.25, -0.2) is 0 Å². The maximum absolute atomic E-state index is 12.9. The second kappa shape index (κ2) is 18.8. The number of fused-ring (bicyclic) bond motifs is 10. The number of hydrogen-bond acceptors (Lipinski definition) is 10. The van der Waals surface area contributed by atoms with Gasteiger partial charge in [0.05, 0.1) is 34.9 Å². The van der Waals surface area contributed by atoms with Gasteiger partial charge in [0.15, 0.2) is 0 Å². The van der Waals surface area contributed by atoms with Gasteiger partial charge in [-0.2, -0.15) is 16.8 Å². The zero-order valence-corrected chi connectivity index (χ0v) is 43.6. The molecule has 0 aromatic carbocycles. The molecule has 8 fully saturated rings. The molecule has 0 saturated heterocycles. The highest BCUT2D eigenvalue weighted by atomic mass is 32.2. The van der Waals surface area contributed by atoms with Gasteiger partial charge in [-0.1, -0.05) is 41.5 Å². The van der Waals surface area contributed by atoms with Crippen LogP contribution in [0.1, 0.15) is 170 Å². The van der Waals surface area contributed by atoms with Gasteiger partial charge in [0.2, 0.25) is 11.8 Å². The summed E-state index contributed by atoms with van der Waals surface area (Å²) < 4.78 is 62.4. The van der Waals surface area contributed by atoms with Gasteiger partial charge in [0.1, 0.15) is 0 Å². The molecule has 0 heterocycles. The van der Waals surface area contributed by atoms with Crippen LogP contribution in [0.5, 0.6) is 0 Å². The van der Waals surface area contributed by atoms with Crippen molar-refractivity contribution >= 4 is 32.1 Å². The molecule has 0 aromatic rings. The molecule has 0 aromatic heterocycles. The fourth-order valence-electron chi connectivity index (χ4n) is 19.2. The number of hydrogen-bond donors (Lipinski definition) is 8. The van der Waals surface area contributed by atoms with E-state index in [1.54, 1.807) is 0 Å². The first-order valence-electron chi connectivity index (χ1n) is 26.8. The number of aliphatic hydroxyl groups excluding tert-OH is 2. The molecule has 8 N–H and O–H groups in total. The Bertz CT molecular complexity index is 1960. The van der Waals surface area contributed by atoms with Crippen molar-refractivity contribution < 1.29 is 56.0 Å². The van der Waals surface area contributed by atoms with Crippen LogP contribution in [-0.2, 0) is 29.8 Å². The van der Waals surface area contributed by atoms with E-state index in [-0.39, 0.29) is 82.1 Å². The summed E-state index contributed by atoms with van der Waals surface area (Å²) in [5.41, 5.74) is -2.56. The maximum atomic E-state index is 12.9. The van der Waals surface area contributed by atoms with E-state index in [0.717, 1.165) is 64.2 Å². The molecule has 8 rings (SSSR count). The van der Waals surface area contributed by atoms with Crippen LogP contribution >= 0.6 is 0 Å². The minimum Gasteiger partial charge on any atom is -0.393 e. The normalized spacial score (nSPS) is 47.5. The van der Waals surface area contributed by atoms with Crippen LogP contribution in [0.4, 0.5) is 0 Å². The summed E-state index contributed by atoms with van der Waals surface area (Å²) in [5, 5.41) is 55.5. The van der Waals surface area contributed by atoms with E-state index in [2.05, 4.69) is 52.2 Å². The van der Waals surface area contributed by atoms with Gasteiger partial charge in [-0.3, -0.25) is 18.7 Å². The van der Waals surface area contributed by atoms with Crippen molar-refractivity contribution in [1.82, 2.24) is 10.6 Å². The molecule has 0 spiro atoms. The van der Waals surface area contributed by atoms with Crippen LogP contribution in [0.15, 0.2) is 0 Å². The third kappa shape index (κ3) is 9.53. The van der Waals surface area contributed by atoms with Crippen molar-refractivity contribution in [3.05, 3.63) is 0 Å². The molecule has 68 heavy (non-hydrogen) atoms. The molecule has 20 atom stereocenters. The second-order valence-electron chi connectivity index (χ2n) is 25.8. The highest BCUT2D eigenvalue weighted by Crippen LogP contribution is 2.72. The summed E-state index contributed by atoms with van der Waals surface area (Å²) in [6.07, 6.45) is 14.3. The van der Waals surface area contributed by atoms with Crippen molar-refractivity contribution in [2.24, 2.45) is 92.7 Å². The Labute approximate surface area is 407 Å². The van der Waals surface area contributed by atoms with E-state index in [9.17, 15) is 46.9 Å². The minimum absolute atomic E-state index is 0.0442. The monoisotopic (exact) mass is 997 g/mol. The fourth-order valence-corrected chi connectivity index (χ4v) is 19.9. The fraction of sp³-hybridized carbons (Fsp3) is 0.962. The van der Waals surface area contributed by atoms with Crippen LogP contribution < -0.4 is 10.6 Å². The lowest BCUT2D eigenvalue weighted by Crippen LogP contribution is -2.67. The van der Waals surface area contributed by atoms with Gasteiger partial charge in [-0.05, 0) is 208 Å². The predicted molar refractivity (Wildman–Crippen MR) is 259 cm³/mol. The number of carbonyl (C=O) groups is 2. The lowest BCUT2D eigenvalue weighted by Gasteiger charge is -2.67. The molecule has 0 aliphatic heterocycles. The van der Waals surface area contributed by atoms with Crippen molar-refractivity contribution in [1.29, 1.82) is 0 Å². The SMILES string of the molecule is C[C@H](CCC(=O)NCCS(=O)(=O)O)[C@H]1CC[C@H]2C3[C@@H](O)CC4CC(O)(C5(O)CC[C@@]6(C)C(C[C@H](O)C7[C@@H]8CC[C@H]([C@H](C)CCC(=O)NCCS(=O)(=O)O)[C@@]8(C)CC[C@@H]76)C5)CC[C@]4(C)[C@H]3CC[C@]12C. The predicted octanol–water partition coefficient (Wildman–Crippen LogP) is 6.55. The second-order valence-corrected chi connectivity index (χ2v) is 29.0. The van der Waals surface area contributed by atoms with E-state index in [0.29, 0.717) is 99.7 Å². The van der Waals surface area contributed by atoms with Gasteiger partial charge < -0.3 is 31.1 Å². The average Bonchev–Trinajstić information content (AvgIpc) is 3.79. The summed E-state index contributed by atoms with van der Waals surface area (Å²) in [4.78, 5) is 25.1. The molecule has 0 bridgehead atoms. The van der Waals surface area contributed by atoms with E-state index in [1.807, 2.05) is 0 Å². The molecule has 0 radical (unpaired) electrons. The Balaban J connectivity index is 0.882. The summed E-state index contributed by atoms with van der Waals surface area (Å²) >= 11 is 0. The number of carbonyl (C=O) groups excluding carboxylic acids is 2. The Kier molecular flexibility index (Phi) is 14.6. The number of nitrogens with one attached hydrogen (secondary N) is 2. The quantitative estimate of drug-likeness (QED) is 0.0815. The molecule has 16 heteroatoms. The molecule has 2 amide bonds. The van der Waals surface area contributed by atoms with Crippen molar-refractivity contribution in [3.8, 4) is 0 Å². The number of aliphatic hydroxyl groups is 4. The molecule has 8 saturated carbocycles. The summed E-state index contributed by atoms with van der Waals surface area (Å²) in [6, 6.07) is 0. The van der Waals surface area contributed by atoms with Crippen molar-refractivity contribution in [2.75, 3.05) is 24.6 Å². The van der Waals surface area contributed by atoms with Crippen LogP contribution in [-0.4, -0.2) is 106 Å². The van der Waals surface area contributed by atoms with E-state index in [1.165, 1.54) is 0 Å². The standard InChI is InChI=1S/C52H88N2O12S2/c1-31(7-13-43(57)53-23-25-67(61,62)63)35-9-11-37-45-39(15-17-49(35,37)5)47(3)19-21-51(59,29-33(47)27-41(45)55)52(60)22-20-48(4)34(30-52)28-42(56)46-38-12-10-36(50(38,6)18-16-40(46)48)32(2)8-14-44(58)54-24-26-68(64,65)66/h31-42,45-46,55-56,59-60H,7-30H2,1-6H3,(H,53,57)(H,54,58)(H,61,62,63)(H,64,65,66)/t31-,32-,33?,34?,35-,36-,37+,38+,39+,40+,41+,42+,45?,46?,47+,48+,49-,50-,51?,52?/m1/s1. The maximum Gasteiger partial charge on any atom is 0.266 e. The lowest BCUT2D eigenvalue weighted by atomic mass is 9.40. The Morgan fingerprint density at radius 2 is 0.897 bits per heavy atom. The summed E-state index contributed by atoms with van der Waals surface area (Å²) in [7, 11) is -8.27. The Hall–Kier alpha value is -1.40. The first-order valence-corrected chi connectivity index (χ1v) is 30.0. The first-order chi connectivity index (χ1) is 31.6. The molecule has 14 nitrogen and oxygen atoms in total. The van der Waals surface area contributed by atoms with Crippen molar-refractivity contribution in [3.63, 3.8) is 0 Å². The summed E-state index contributed by atoms with van der Waals surface area (Å²) in [6.45, 7) is 13.9. The molecule has 8 aliphatic carbocycles. The van der Waals surface area contributed by atoms with Crippen LogP contribution in [0.2, 0.25) is 0 Å². The van der Waals surface area contributed by atoms with Gasteiger partial charge in [-0.15, -0.1) is 0 Å². The molecule has 8 aliphatic rings. The van der Waals surface area contributed by atoms with E-state index < -0.39 is 55.2 Å². The van der Waals surface area contributed by atoms with Gasteiger partial charge in [0.25, 0.3) is 20.2 Å². The topological polar surface area (TPSA) is 248 Å². The van der Waals surface area contributed by atoms with E-state index >= 15 is 0 Å². The van der Waals surface area contributed by atoms with Gasteiger partial charge in [0, 0.05) is 25.9 Å². The highest BCUT2D eigenvalue weighted by Gasteiger charge is 2.69. The summed E-state index contributed by atoms with van der Waals surface area (Å²) in [5.74, 6) is 1.92. The third-order valence-corrected chi connectivity index (χ3v) is 24.3. The molecular weight excluding hydrogens is 909 g/mol.